The highest BCUT2D eigenvalue weighted by Gasteiger charge is 2.55. The molecule has 4 aliphatic rings. The first-order valence-electron chi connectivity index (χ1n) is 28.5. The molecule has 0 N–H and O–H groups in total. The maximum Gasteiger partial charge on any atom is 0.250 e. The molecule has 1 atom stereocenters. The van der Waals surface area contributed by atoms with Gasteiger partial charge >= 0.3 is 0 Å². The lowest BCUT2D eigenvalue weighted by atomic mass is 9.35. The number of para-hydroxylation sites is 4. The zero-order chi connectivity index (χ0) is 54.7. The molecule has 2 aromatic heterocycles. The largest absolute Gasteiger partial charge is 0.497 e. The molecule has 6 nitrogen and oxygen atoms in total. The van der Waals surface area contributed by atoms with E-state index in [4.69, 9.17) is 18.9 Å². The summed E-state index contributed by atoms with van der Waals surface area (Å²) in [5, 5.41) is 4.60. The number of aromatic nitrogens is 2. The SMILES string of the molecule is COc1ccc2c(c1)c1cc(OC)ccc1n2-c1ccc2c(c1)-c1c(ccc3c1Oc1ccccc1B3c1ccccc1)C21c2ccc(-n3c4ccccc4c4ccccc43)cc2-c2c1ccc1c2Oc2ccccc2B1c1ccccc1. The summed E-state index contributed by atoms with van der Waals surface area (Å²) in [6, 6.07) is 93.4. The molecule has 1 unspecified atom stereocenters. The van der Waals surface area contributed by atoms with Crippen molar-refractivity contribution in [3.05, 3.63) is 277 Å². The van der Waals surface area contributed by atoms with Crippen LogP contribution in [0.1, 0.15) is 22.3 Å². The molecule has 388 valence electrons. The fourth-order valence-electron chi connectivity index (χ4n) is 15.2. The van der Waals surface area contributed by atoms with Crippen molar-refractivity contribution in [2.24, 2.45) is 0 Å². The lowest BCUT2D eigenvalue weighted by molar-refractivity contribution is 0.415. The number of hydrogen-bond acceptors (Lipinski definition) is 4. The van der Waals surface area contributed by atoms with Gasteiger partial charge < -0.3 is 28.1 Å². The van der Waals surface area contributed by atoms with Crippen LogP contribution in [-0.4, -0.2) is 36.8 Å². The van der Waals surface area contributed by atoms with Gasteiger partial charge in [-0.25, -0.2) is 0 Å². The normalized spacial score (nSPS) is 14.8. The number of fused-ring (bicyclic) bond motifs is 22. The standard InChI is InChI=1S/C75H48B2N2O4/c1-80-49-31-39-67-53(43-49)54-44-50(81-2)32-40-68(54)79(67)48-30-34-58-56(42-48)72-60(36-38-64-74(72)83-70-28-16-12-24-62(70)77(64)46-19-7-4-8-20-46)75(58)57-33-29-47(78-65-25-13-9-21-51(65)52-22-10-14-26-66(52)78)41-55(57)71-59(75)35-37-63-73(71)82-69-27-15-11-23-61(69)76(63)45-17-5-3-6-18-45/h3-44H,1-2H3. The van der Waals surface area contributed by atoms with Gasteiger partial charge in [0.15, 0.2) is 0 Å². The van der Waals surface area contributed by atoms with Gasteiger partial charge in [-0.3, -0.25) is 0 Å². The fourth-order valence-corrected chi connectivity index (χ4v) is 15.2. The molecule has 0 radical (unpaired) electrons. The molecule has 83 heavy (non-hydrogen) atoms. The number of methoxy groups -OCH3 is 2. The maximum absolute atomic E-state index is 7.51. The zero-order valence-electron chi connectivity index (χ0n) is 45.4. The van der Waals surface area contributed by atoms with Gasteiger partial charge in [-0.15, -0.1) is 0 Å². The summed E-state index contributed by atoms with van der Waals surface area (Å²) >= 11 is 0. The van der Waals surface area contributed by atoms with Crippen LogP contribution in [0.15, 0.2) is 255 Å². The molecule has 0 saturated heterocycles. The summed E-state index contributed by atoms with van der Waals surface area (Å²) in [7, 11) is 3.45. The highest BCUT2D eigenvalue weighted by molar-refractivity contribution is 6.97. The van der Waals surface area contributed by atoms with Crippen LogP contribution in [0.25, 0.3) is 77.2 Å². The molecular weight excluding hydrogens is 1010 g/mol. The first-order valence-corrected chi connectivity index (χ1v) is 28.5. The Bertz CT molecular complexity index is 4990. The number of rotatable bonds is 6. The Labute approximate surface area is 480 Å². The average molecular weight is 1060 g/mol. The molecular formula is C75H48B2N2O4. The van der Waals surface area contributed by atoms with E-state index in [-0.39, 0.29) is 13.4 Å². The summed E-state index contributed by atoms with van der Waals surface area (Å²) in [6.45, 7) is -0.131. The van der Waals surface area contributed by atoms with Gasteiger partial charge in [0.2, 0.25) is 0 Å². The Morgan fingerprint density at radius 1 is 0.337 bits per heavy atom. The molecule has 12 aromatic carbocycles. The van der Waals surface area contributed by atoms with Gasteiger partial charge in [0.1, 0.15) is 34.5 Å². The zero-order valence-corrected chi connectivity index (χ0v) is 45.4. The summed E-state index contributed by atoms with van der Waals surface area (Å²) in [5.41, 5.74) is 22.0. The van der Waals surface area contributed by atoms with Gasteiger partial charge in [0.05, 0.1) is 41.7 Å². The summed E-state index contributed by atoms with van der Waals surface area (Å²) < 4.78 is 31.6. The van der Waals surface area contributed by atoms with E-state index in [1.807, 2.05) is 0 Å². The molecule has 4 heterocycles. The van der Waals surface area contributed by atoms with E-state index >= 15 is 0 Å². The predicted molar refractivity (Wildman–Crippen MR) is 340 cm³/mol. The van der Waals surface area contributed by atoms with Crippen molar-refractivity contribution in [1.29, 1.82) is 0 Å². The van der Waals surface area contributed by atoms with E-state index in [1.165, 1.54) is 44.0 Å². The van der Waals surface area contributed by atoms with Crippen molar-refractivity contribution in [1.82, 2.24) is 9.13 Å². The monoisotopic (exact) mass is 1060 g/mol. The molecule has 14 aromatic rings. The topological polar surface area (TPSA) is 46.8 Å². The molecule has 0 amide bonds. The summed E-state index contributed by atoms with van der Waals surface area (Å²) in [4.78, 5) is 0. The lowest BCUT2D eigenvalue weighted by Crippen LogP contribution is -2.55. The van der Waals surface area contributed by atoms with Crippen molar-refractivity contribution >= 4 is 89.8 Å². The third-order valence-corrected chi connectivity index (χ3v) is 18.6. The van der Waals surface area contributed by atoms with E-state index in [2.05, 4.69) is 264 Å². The van der Waals surface area contributed by atoms with E-state index in [1.54, 1.807) is 14.2 Å². The molecule has 2 aliphatic heterocycles. The highest BCUT2D eigenvalue weighted by atomic mass is 16.5. The maximum atomic E-state index is 7.51. The van der Waals surface area contributed by atoms with Gasteiger partial charge in [-0.1, -0.05) is 181 Å². The first-order chi connectivity index (χ1) is 41.1. The van der Waals surface area contributed by atoms with E-state index in [9.17, 15) is 0 Å². The van der Waals surface area contributed by atoms with Crippen LogP contribution in [-0.2, 0) is 5.41 Å². The Morgan fingerprint density at radius 2 is 0.735 bits per heavy atom. The minimum atomic E-state index is -0.816. The Balaban J connectivity index is 0.969. The number of nitrogens with zero attached hydrogens (tertiary/aromatic N) is 2. The fraction of sp³-hybridized carbons (Fsp3) is 0.0400. The minimum absolute atomic E-state index is 0.0609. The van der Waals surface area contributed by atoms with Crippen LogP contribution >= 0.6 is 0 Å². The smallest absolute Gasteiger partial charge is 0.250 e. The third-order valence-electron chi connectivity index (χ3n) is 18.6. The number of ether oxygens (including phenoxy) is 4. The molecule has 8 heteroatoms. The summed E-state index contributed by atoms with van der Waals surface area (Å²) in [5.74, 6) is 5.10. The second kappa shape index (κ2) is 17.3. The highest BCUT2D eigenvalue weighted by Crippen LogP contribution is 2.66. The van der Waals surface area contributed by atoms with Crippen LogP contribution in [0.5, 0.6) is 34.5 Å². The van der Waals surface area contributed by atoms with Gasteiger partial charge in [-0.2, -0.15) is 0 Å². The molecule has 2 aliphatic carbocycles. The van der Waals surface area contributed by atoms with Crippen molar-refractivity contribution < 1.29 is 18.9 Å². The number of hydrogen-bond donors (Lipinski definition) is 0. The van der Waals surface area contributed by atoms with Crippen LogP contribution < -0.4 is 51.7 Å². The van der Waals surface area contributed by atoms with E-state index < -0.39 is 5.41 Å². The van der Waals surface area contributed by atoms with Crippen LogP contribution in [0.2, 0.25) is 0 Å². The van der Waals surface area contributed by atoms with Crippen molar-refractivity contribution in [3.63, 3.8) is 0 Å². The van der Waals surface area contributed by atoms with Crippen molar-refractivity contribution in [2.75, 3.05) is 14.2 Å². The minimum Gasteiger partial charge on any atom is -0.497 e. The molecule has 0 saturated carbocycles. The van der Waals surface area contributed by atoms with Crippen LogP contribution in [0.3, 0.4) is 0 Å². The van der Waals surface area contributed by atoms with Crippen molar-refractivity contribution in [3.8, 4) is 68.1 Å². The second-order valence-electron chi connectivity index (χ2n) is 22.5. The van der Waals surface area contributed by atoms with Gasteiger partial charge in [-0.05, 0) is 140 Å². The third kappa shape index (κ3) is 6.24. The molecule has 18 rings (SSSR count). The second-order valence-corrected chi connectivity index (χ2v) is 22.5. The predicted octanol–water partition coefficient (Wildman–Crippen LogP) is 13.5. The van der Waals surface area contributed by atoms with E-state index in [0.717, 1.165) is 123 Å². The quantitative estimate of drug-likeness (QED) is 0.156. The Kier molecular flexibility index (Phi) is 9.65. The Hall–Kier alpha value is -10.4. The van der Waals surface area contributed by atoms with Gasteiger partial charge in [0.25, 0.3) is 13.4 Å². The van der Waals surface area contributed by atoms with E-state index in [0.29, 0.717) is 0 Å². The molecule has 0 bridgehead atoms. The lowest BCUT2D eigenvalue weighted by Gasteiger charge is -2.33. The Morgan fingerprint density at radius 3 is 1.19 bits per heavy atom. The first kappa shape index (κ1) is 46.3. The van der Waals surface area contributed by atoms with Crippen LogP contribution in [0.4, 0.5) is 0 Å². The van der Waals surface area contributed by atoms with Crippen molar-refractivity contribution in [2.45, 2.75) is 5.41 Å². The summed E-state index contributed by atoms with van der Waals surface area (Å²) in [6.07, 6.45) is 0. The molecule has 0 fully saturated rings. The average Bonchev–Trinajstić information content (AvgIpc) is 1.54. The number of benzene rings is 12. The molecule has 1 spiro atoms. The van der Waals surface area contributed by atoms with Gasteiger partial charge in [0, 0.05) is 44.0 Å². The van der Waals surface area contributed by atoms with Crippen LogP contribution in [0, 0.1) is 0 Å².